The Balaban J connectivity index is 2.08. The number of nitrogen functional groups attached to an aromatic ring is 1. The molecule has 1 aromatic heterocycles. The molecule has 0 bridgehead atoms. The monoisotopic (exact) mass is 324 g/mol. The number of nitrogens with two attached hydrogens (primary N) is 1. The minimum Gasteiger partial charge on any atom is -0.397 e. The summed E-state index contributed by atoms with van der Waals surface area (Å²) >= 11 is 3.22. The van der Waals surface area contributed by atoms with Crippen LogP contribution in [-0.4, -0.2) is 11.0 Å². The van der Waals surface area contributed by atoms with Gasteiger partial charge in [0, 0.05) is 0 Å². The molecule has 0 fully saturated rings. The molecule has 0 unspecified atom stereocenters. The van der Waals surface area contributed by atoms with E-state index >= 15 is 0 Å². The number of halogens is 2. The Morgan fingerprint density at radius 1 is 1.32 bits per heavy atom. The minimum absolute atomic E-state index is 0.0894. The van der Waals surface area contributed by atoms with Crippen molar-refractivity contribution in [3.63, 3.8) is 0 Å². The van der Waals surface area contributed by atoms with Crippen LogP contribution in [0.2, 0.25) is 0 Å². The van der Waals surface area contributed by atoms with Crippen molar-refractivity contribution in [2.45, 2.75) is 0 Å². The van der Waals surface area contributed by atoms with Gasteiger partial charge in [-0.1, -0.05) is 12.1 Å². The molecule has 0 radical (unpaired) electrons. The van der Waals surface area contributed by atoms with Gasteiger partial charge < -0.3 is 11.1 Å². The van der Waals surface area contributed by atoms with E-state index in [1.165, 1.54) is 24.4 Å². The van der Waals surface area contributed by atoms with Gasteiger partial charge in [-0.15, -0.1) is 0 Å². The number of para-hydroxylation sites is 1. The van der Waals surface area contributed by atoms with Crippen molar-refractivity contribution in [2.24, 2.45) is 0 Å². The lowest BCUT2D eigenvalue weighted by molar-refractivity contribution is 0.262. The molecule has 19 heavy (non-hydrogen) atoms. The number of anilines is 3. The van der Waals surface area contributed by atoms with Crippen molar-refractivity contribution in [3.05, 3.63) is 46.8 Å². The summed E-state index contributed by atoms with van der Waals surface area (Å²) in [4.78, 5) is 15.6. The highest BCUT2D eigenvalue weighted by Crippen LogP contribution is 2.22. The molecular formula is C12H10BrFN4O. The molecule has 0 atom stereocenters. The number of pyridine rings is 1. The van der Waals surface area contributed by atoms with Crippen molar-refractivity contribution < 1.29 is 9.18 Å². The van der Waals surface area contributed by atoms with Crippen LogP contribution in [0.3, 0.4) is 0 Å². The van der Waals surface area contributed by atoms with Crippen LogP contribution in [0.4, 0.5) is 26.4 Å². The number of carbonyl (C=O) groups excluding carboxylic acids is 1. The Kier molecular flexibility index (Phi) is 3.96. The van der Waals surface area contributed by atoms with E-state index in [0.29, 0.717) is 16.0 Å². The summed E-state index contributed by atoms with van der Waals surface area (Å²) in [5.74, 6) is -0.218. The highest BCUT2D eigenvalue weighted by molar-refractivity contribution is 9.10. The third-order valence-corrected chi connectivity index (χ3v) is 2.82. The normalized spacial score (nSPS) is 10.0. The topological polar surface area (TPSA) is 80.0 Å². The molecule has 0 aliphatic rings. The summed E-state index contributed by atoms with van der Waals surface area (Å²) in [5, 5.41) is 4.87. The van der Waals surface area contributed by atoms with E-state index in [4.69, 9.17) is 5.73 Å². The van der Waals surface area contributed by atoms with Crippen LogP contribution in [-0.2, 0) is 0 Å². The number of carbonyl (C=O) groups is 1. The number of nitrogens with one attached hydrogen (secondary N) is 2. The lowest BCUT2D eigenvalue weighted by atomic mass is 10.3. The predicted octanol–water partition coefficient (Wildman–Crippen LogP) is 3.21. The fraction of sp³-hybridized carbons (Fsp3) is 0. The van der Waals surface area contributed by atoms with Gasteiger partial charge in [-0.25, -0.2) is 14.2 Å². The second-order valence-corrected chi connectivity index (χ2v) is 4.51. The van der Waals surface area contributed by atoms with Gasteiger partial charge in [-0.05, 0) is 34.1 Å². The van der Waals surface area contributed by atoms with E-state index in [-0.39, 0.29) is 5.69 Å². The largest absolute Gasteiger partial charge is 0.397 e. The molecule has 2 amide bonds. The Morgan fingerprint density at radius 2 is 2.05 bits per heavy atom. The van der Waals surface area contributed by atoms with Crippen molar-refractivity contribution in [2.75, 3.05) is 16.4 Å². The number of urea groups is 1. The smallest absolute Gasteiger partial charge is 0.324 e. The molecule has 0 aliphatic carbocycles. The van der Waals surface area contributed by atoms with Crippen molar-refractivity contribution in [1.82, 2.24) is 4.98 Å². The third kappa shape index (κ3) is 3.41. The van der Waals surface area contributed by atoms with E-state index in [1.807, 2.05) is 0 Å². The standard InChI is InChI=1S/C12H10BrFN4O/c13-8-5-7(15)6-16-11(8)18-12(19)17-10-4-2-1-3-9(10)14/h1-6H,15H2,(H2,16,17,18,19). The summed E-state index contributed by atoms with van der Waals surface area (Å²) in [6.07, 6.45) is 1.41. The maximum atomic E-state index is 13.3. The minimum atomic E-state index is -0.594. The van der Waals surface area contributed by atoms with E-state index in [0.717, 1.165) is 0 Å². The van der Waals surface area contributed by atoms with Gasteiger partial charge in [-0.3, -0.25) is 5.32 Å². The fourth-order valence-corrected chi connectivity index (χ4v) is 1.83. The zero-order valence-electron chi connectivity index (χ0n) is 9.65. The highest BCUT2D eigenvalue weighted by Gasteiger charge is 2.09. The zero-order valence-corrected chi connectivity index (χ0v) is 11.2. The number of aromatic nitrogens is 1. The average Bonchev–Trinajstić information content (AvgIpc) is 2.36. The highest BCUT2D eigenvalue weighted by atomic mass is 79.9. The van der Waals surface area contributed by atoms with Crippen molar-refractivity contribution in [1.29, 1.82) is 0 Å². The lowest BCUT2D eigenvalue weighted by Crippen LogP contribution is -2.21. The van der Waals surface area contributed by atoms with Crippen LogP contribution in [0, 0.1) is 5.82 Å². The maximum Gasteiger partial charge on any atom is 0.324 e. The van der Waals surface area contributed by atoms with Crippen LogP contribution in [0.25, 0.3) is 0 Å². The first kappa shape index (κ1) is 13.3. The van der Waals surface area contributed by atoms with Crippen molar-refractivity contribution >= 4 is 39.2 Å². The molecule has 2 aromatic rings. The first-order chi connectivity index (χ1) is 9.06. The number of hydrogen-bond donors (Lipinski definition) is 3. The third-order valence-electron chi connectivity index (χ3n) is 2.22. The SMILES string of the molecule is Nc1cnc(NC(=O)Nc2ccccc2F)c(Br)c1. The first-order valence-corrected chi connectivity index (χ1v) is 6.09. The van der Waals surface area contributed by atoms with E-state index in [1.54, 1.807) is 12.1 Å². The predicted molar refractivity (Wildman–Crippen MR) is 75.4 cm³/mol. The van der Waals surface area contributed by atoms with Crippen molar-refractivity contribution in [3.8, 4) is 0 Å². The summed E-state index contributed by atoms with van der Waals surface area (Å²) < 4.78 is 13.9. The number of hydrogen-bond acceptors (Lipinski definition) is 3. The molecule has 1 aromatic carbocycles. The summed E-state index contributed by atoms with van der Waals surface area (Å²) in [7, 11) is 0. The molecule has 0 aliphatic heterocycles. The van der Waals surface area contributed by atoms with Crippen LogP contribution in [0.1, 0.15) is 0 Å². The van der Waals surface area contributed by atoms with Gasteiger partial charge in [0.25, 0.3) is 0 Å². The summed E-state index contributed by atoms with van der Waals surface area (Å²) in [5.41, 5.74) is 6.09. The molecule has 0 saturated carbocycles. The molecule has 0 saturated heterocycles. The molecule has 1 heterocycles. The lowest BCUT2D eigenvalue weighted by Gasteiger charge is -2.09. The van der Waals surface area contributed by atoms with Crippen LogP contribution < -0.4 is 16.4 Å². The second kappa shape index (κ2) is 5.66. The quantitative estimate of drug-likeness (QED) is 0.793. The number of benzene rings is 1. The second-order valence-electron chi connectivity index (χ2n) is 3.66. The molecule has 5 nitrogen and oxygen atoms in total. The van der Waals surface area contributed by atoms with E-state index in [2.05, 4.69) is 31.5 Å². The van der Waals surface area contributed by atoms with Gasteiger partial charge >= 0.3 is 6.03 Å². The van der Waals surface area contributed by atoms with Gasteiger partial charge in [0.2, 0.25) is 0 Å². The van der Waals surface area contributed by atoms with E-state index < -0.39 is 11.8 Å². The molecule has 7 heteroatoms. The number of rotatable bonds is 2. The zero-order chi connectivity index (χ0) is 13.8. The summed E-state index contributed by atoms with van der Waals surface area (Å²) in [6.45, 7) is 0. The maximum absolute atomic E-state index is 13.3. The average molecular weight is 325 g/mol. The molecular weight excluding hydrogens is 315 g/mol. The van der Waals surface area contributed by atoms with E-state index in [9.17, 15) is 9.18 Å². The molecule has 4 N–H and O–H groups in total. The fourth-order valence-electron chi connectivity index (χ4n) is 1.37. The van der Waals surface area contributed by atoms with Gasteiger partial charge in [0.1, 0.15) is 11.6 Å². The Hall–Kier alpha value is -2.15. The van der Waals surface area contributed by atoms with Crippen LogP contribution in [0.15, 0.2) is 41.0 Å². The molecule has 0 spiro atoms. The van der Waals surface area contributed by atoms with Crippen LogP contribution >= 0.6 is 15.9 Å². The first-order valence-electron chi connectivity index (χ1n) is 5.30. The van der Waals surface area contributed by atoms with Gasteiger partial charge in [0.15, 0.2) is 0 Å². The number of amides is 2. The van der Waals surface area contributed by atoms with Gasteiger partial charge in [-0.2, -0.15) is 0 Å². The van der Waals surface area contributed by atoms with Gasteiger partial charge in [0.05, 0.1) is 22.0 Å². The Bertz CT molecular complexity index is 620. The number of nitrogens with zero attached hydrogens (tertiary/aromatic N) is 1. The summed E-state index contributed by atoms with van der Waals surface area (Å²) in [6, 6.07) is 6.88. The Morgan fingerprint density at radius 3 is 2.74 bits per heavy atom. The van der Waals surface area contributed by atoms with Crippen LogP contribution in [0.5, 0.6) is 0 Å². The molecule has 2 rings (SSSR count). The Labute approximate surface area is 117 Å². The molecule has 98 valence electrons.